The molecule has 27 heavy (non-hydrogen) atoms. The fourth-order valence-corrected chi connectivity index (χ4v) is 2.63. The summed E-state index contributed by atoms with van der Waals surface area (Å²) in [4.78, 5) is 13.8. The quantitative estimate of drug-likeness (QED) is 0.376. The third-order valence-corrected chi connectivity index (χ3v) is 4.05. The highest BCUT2D eigenvalue weighted by Gasteiger charge is 2.13. The second-order valence-electron chi connectivity index (χ2n) is 6.16. The molecule has 3 rings (SSSR count). The van der Waals surface area contributed by atoms with Gasteiger partial charge in [-0.1, -0.05) is 36.9 Å². The summed E-state index contributed by atoms with van der Waals surface area (Å²) in [5.41, 5.74) is 4.10. The molecule has 4 nitrogen and oxygen atoms in total. The third kappa shape index (κ3) is 4.43. The number of aliphatic hydroxyl groups excluding tert-OH is 1. The smallest absolute Gasteiger partial charge is 0.338 e. The summed E-state index contributed by atoms with van der Waals surface area (Å²) >= 11 is 0. The fraction of sp³-hybridized carbons (Fsp3) is 0.0870. The highest BCUT2D eigenvalue weighted by molar-refractivity contribution is 5.89. The van der Waals surface area contributed by atoms with Crippen LogP contribution in [-0.4, -0.2) is 11.1 Å². The number of hydrogen-bond acceptors (Lipinski definition) is 4. The Morgan fingerprint density at radius 2 is 1.41 bits per heavy atom. The monoisotopic (exact) mass is 359 g/mol. The maximum absolute atomic E-state index is 11.7. The maximum Gasteiger partial charge on any atom is 0.338 e. The van der Waals surface area contributed by atoms with Gasteiger partial charge in [0, 0.05) is 22.6 Å². The van der Waals surface area contributed by atoms with Gasteiger partial charge in [0.2, 0.25) is 0 Å². The van der Waals surface area contributed by atoms with Gasteiger partial charge in [0.25, 0.3) is 0 Å². The van der Waals surface area contributed by atoms with Crippen LogP contribution in [0.15, 0.2) is 91.0 Å². The lowest BCUT2D eigenvalue weighted by molar-refractivity contribution is -0.130. The Morgan fingerprint density at radius 1 is 0.889 bits per heavy atom. The van der Waals surface area contributed by atoms with Crippen LogP contribution in [0.3, 0.4) is 0 Å². The fourth-order valence-electron chi connectivity index (χ4n) is 2.63. The number of rotatable bonds is 6. The minimum absolute atomic E-state index is 0.00833. The highest BCUT2D eigenvalue weighted by atomic mass is 16.5. The van der Waals surface area contributed by atoms with E-state index in [-0.39, 0.29) is 6.61 Å². The van der Waals surface area contributed by atoms with Crippen LogP contribution in [0.25, 0.3) is 0 Å². The SMILES string of the molecule is C=C(C)C(=O)Oc1ccc(N(c2ccccc2)c2ccc(CO)cc2)cc1. The van der Waals surface area contributed by atoms with Gasteiger partial charge in [0.1, 0.15) is 5.75 Å². The predicted molar refractivity (Wildman–Crippen MR) is 107 cm³/mol. The van der Waals surface area contributed by atoms with Gasteiger partial charge in [-0.15, -0.1) is 0 Å². The van der Waals surface area contributed by atoms with E-state index in [2.05, 4.69) is 11.5 Å². The molecule has 0 bridgehead atoms. The Hall–Kier alpha value is -3.37. The molecule has 1 N–H and O–H groups in total. The molecule has 136 valence electrons. The van der Waals surface area contributed by atoms with Crippen molar-refractivity contribution in [2.45, 2.75) is 13.5 Å². The van der Waals surface area contributed by atoms with Crippen molar-refractivity contribution in [1.29, 1.82) is 0 Å². The molecule has 0 atom stereocenters. The zero-order valence-corrected chi connectivity index (χ0v) is 15.1. The molecule has 0 aromatic heterocycles. The van der Waals surface area contributed by atoms with Crippen LogP contribution in [0.5, 0.6) is 5.75 Å². The number of nitrogens with zero attached hydrogens (tertiary/aromatic N) is 1. The molecule has 0 aliphatic heterocycles. The van der Waals surface area contributed by atoms with Crippen molar-refractivity contribution in [2.75, 3.05) is 4.90 Å². The largest absolute Gasteiger partial charge is 0.423 e. The molecule has 0 spiro atoms. The second kappa shape index (κ2) is 8.34. The Kier molecular flexibility index (Phi) is 5.69. The van der Waals surface area contributed by atoms with Crippen LogP contribution in [0.4, 0.5) is 17.1 Å². The summed E-state index contributed by atoms with van der Waals surface area (Å²) < 4.78 is 5.27. The van der Waals surface area contributed by atoms with Crippen molar-refractivity contribution in [1.82, 2.24) is 0 Å². The molecule has 0 aliphatic carbocycles. The molecule has 0 aliphatic rings. The van der Waals surface area contributed by atoms with Crippen molar-refractivity contribution in [3.05, 3.63) is 96.6 Å². The number of hydrogen-bond donors (Lipinski definition) is 1. The van der Waals surface area contributed by atoms with Crippen LogP contribution >= 0.6 is 0 Å². The highest BCUT2D eigenvalue weighted by Crippen LogP contribution is 2.35. The van der Waals surface area contributed by atoms with Gasteiger partial charge in [-0.2, -0.15) is 0 Å². The average Bonchev–Trinajstić information content (AvgIpc) is 2.71. The molecule has 0 saturated carbocycles. The number of carbonyl (C=O) groups excluding carboxylic acids is 1. The third-order valence-electron chi connectivity index (χ3n) is 4.05. The first-order chi connectivity index (χ1) is 13.1. The Balaban J connectivity index is 1.95. The zero-order valence-electron chi connectivity index (χ0n) is 15.1. The van der Waals surface area contributed by atoms with Gasteiger partial charge in [-0.3, -0.25) is 0 Å². The molecular weight excluding hydrogens is 338 g/mol. The summed E-state index contributed by atoms with van der Waals surface area (Å²) in [6.45, 7) is 5.21. The number of benzene rings is 3. The summed E-state index contributed by atoms with van der Waals surface area (Å²) in [6.07, 6.45) is 0. The van der Waals surface area contributed by atoms with E-state index in [9.17, 15) is 9.90 Å². The molecule has 3 aromatic carbocycles. The van der Waals surface area contributed by atoms with E-state index in [1.54, 1.807) is 19.1 Å². The zero-order chi connectivity index (χ0) is 19.2. The molecule has 0 unspecified atom stereocenters. The van der Waals surface area contributed by atoms with Crippen molar-refractivity contribution in [3.63, 3.8) is 0 Å². The van der Waals surface area contributed by atoms with Crippen molar-refractivity contribution >= 4 is 23.0 Å². The van der Waals surface area contributed by atoms with Crippen LogP contribution in [0.1, 0.15) is 12.5 Å². The van der Waals surface area contributed by atoms with Crippen LogP contribution in [-0.2, 0) is 11.4 Å². The van der Waals surface area contributed by atoms with E-state index in [1.807, 2.05) is 66.7 Å². The Bertz CT molecular complexity index is 916. The topological polar surface area (TPSA) is 49.8 Å². The van der Waals surface area contributed by atoms with Gasteiger partial charge < -0.3 is 14.7 Å². The lowest BCUT2D eigenvalue weighted by atomic mass is 10.1. The first kappa shape index (κ1) is 18.4. The van der Waals surface area contributed by atoms with Crippen LogP contribution in [0, 0.1) is 0 Å². The Labute approximate surface area is 159 Å². The predicted octanol–water partition coefficient (Wildman–Crippen LogP) is 5.13. The van der Waals surface area contributed by atoms with Crippen LogP contribution < -0.4 is 9.64 Å². The molecular formula is C23H21NO3. The van der Waals surface area contributed by atoms with Crippen molar-refractivity contribution < 1.29 is 14.6 Å². The van der Waals surface area contributed by atoms with E-state index in [0.717, 1.165) is 22.6 Å². The first-order valence-corrected chi connectivity index (χ1v) is 8.61. The summed E-state index contributed by atoms with van der Waals surface area (Å²) in [5.74, 6) is 0.0256. The summed E-state index contributed by atoms with van der Waals surface area (Å²) in [5, 5.41) is 9.28. The number of carbonyl (C=O) groups is 1. The molecule has 0 amide bonds. The van der Waals surface area contributed by atoms with Crippen molar-refractivity contribution in [3.8, 4) is 5.75 Å². The number of ether oxygens (including phenoxy) is 1. The lowest BCUT2D eigenvalue weighted by Gasteiger charge is -2.25. The summed E-state index contributed by atoms with van der Waals surface area (Å²) in [7, 11) is 0. The van der Waals surface area contributed by atoms with Gasteiger partial charge in [0.15, 0.2) is 0 Å². The van der Waals surface area contributed by atoms with Gasteiger partial charge in [0.05, 0.1) is 6.61 Å². The molecule has 0 fully saturated rings. The summed E-state index contributed by atoms with van der Waals surface area (Å²) in [6, 6.07) is 25.0. The number of anilines is 3. The van der Waals surface area contributed by atoms with E-state index >= 15 is 0 Å². The normalized spacial score (nSPS) is 10.3. The minimum atomic E-state index is -0.442. The van der Waals surface area contributed by atoms with E-state index in [0.29, 0.717) is 11.3 Å². The molecule has 4 heteroatoms. The second-order valence-corrected chi connectivity index (χ2v) is 6.16. The number of aliphatic hydroxyl groups is 1. The average molecular weight is 359 g/mol. The molecule has 0 radical (unpaired) electrons. The number of para-hydroxylation sites is 1. The number of esters is 1. The van der Waals surface area contributed by atoms with E-state index < -0.39 is 5.97 Å². The molecule has 3 aromatic rings. The first-order valence-electron chi connectivity index (χ1n) is 8.61. The van der Waals surface area contributed by atoms with Gasteiger partial charge in [-0.25, -0.2) is 4.79 Å². The Morgan fingerprint density at radius 3 is 1.93 bits per heavy atom. The lowest BCUT2D eigenvalue weighted by Crippen LogP contribution is -2.11. The van der Waals surface area contributed by atoms with Gasteiger partial charge >= 0.3 is 5.97 Å². The van der Waals surface area contributed by atoms with Gasteiger partial charge in [-0.05, 0) is 61.0 Å². The molecule has 0 saturated heterocycles. The minimum Gasteiger partial charge on any atom is -0.423 e. The van der Waals surface area contributed by atoms with Crippen molar-refractivity contribution in [2.24, 2.45) is 0 Å². The maximum atomic E-state index is 11.7. The van der Waals surface area contributed by atoms with E-state index in [4.69, 9.17) is 4.74 Å². The van der Waals surface area contributed by atoms with E-state index in [1.165, 1.54) is 0 Å². The molecule has 0 heterocycles. The standard InChI is InChI=1S/C23H21NO3/c1-17(2)23(26)27-22-14-12-21(13-15-22)24(19-6-4-3-5-7-19)20-10-8-18(16-25)9-11-20/h3-15,25H,1,16H2,2H3. The van der Waals surface area contributed by atoms with Crippen LogP contribution in [0.2, 0.25) is 0 Å².